The van der Waals surface area contributed by atoms with Crippen molar-refractivity contribution in [3.63, 3.8) is 0 Å². The molecule has 0 radical (unpaired) electrons. The molecule has 1 heterocycles. The maximum absolute atomic E-state index is 13.7. The van der Waals surface area contributed by atoms with Crippen molar-refractivity contribution in [3.8, 4) is 5.75 Å². The predicted molar refractivity (Wildman–Crippen MR) is 120 cm³/mol. The van der Waals surface area contributed by atoms with E-state index in [0.29, 0.717) is 75.6 Å². The summed E-state index contributed by atoms with van der Waals surface area (Å²) in [5, 5.41) is 2.91. The van der Waals surface area contributed by atoms with Crippen molar-refractivity contribution in [2.75, 3.05) is 39.5 Å². The normalized spacial score (nSPS) is 14.2. The van der Waals surface area contributed by atoms with Crippen molar-refractivity contribution in [1.82, 2.24) is 10.2 Å². The second-order valence-corrected chi connectivity index (χ2v) is 7.74. The molecular weight excluding hydrogens is 411 g/mol. The van der Waals surface area contributed by atoms with E-state index >= 15 is 0 Å². The van der Waals surface area contributed by atoms with Gasteiger partial charge in [0.05, 0.1) is 12.2 Å². The highest BCUT2D eigenvalue weighted by atomic mass is 19.1. The third kappa shape index (κ3) is 6.53. The van der Waals surface area contributed by atoms with Crippen LogP contribution in [0.2, 0.25) is 0 Å². The molecule has 1 fully saturated rings. The zero-order valence-electron chi connectivity index (χ0n) is 18.5. The van der Waals surface area contributed by atoms with Gasteiger partial charge in [0.2, 0.25) is 5.91 Å². The van der Waals surface area contributed by atoms with Crippen LogP contribution in [0.15, 0.2) is 48.5 Å². The highest BCUT2D eigenvalue weighted by molar-refractivity contribution is 5.97. The summed E-state index contributed by atoms with van der Waals surface area (Å²) in [7, 11) is 0. The number of para-hydroxylation sites is 1. The third-order valence-electron chi connectivity index (χ3n) is 5.61. The lowest BCUT2D eigenvalue weighted by Crippen LogP contribution is -2.43. The summed E-state index contributed by atoms with van der Waals surface area (Å²) >= 11 is 0. The number of likely N-dealkylation sites (tertiary alicyclic amines) is 1. The van der Waals surface area contributed by atoms with Crippen LogP contribution in [-0.4, -0.2) is 56.2 Å². The molecule has 0 bridgehead atoms. The van der Waals surface area contributed by atoms with Crippen LogP contribution >= 0.6 is 0 Å². The van der Waals surface area contributed by atoms with Crippen LogP contribution in [0.4, 0.5) is 4.39 Å². The summed E-state index contributed by atoms with van der Waals surface area (Å²) in [6, 6.07) is 13.8. The molecule has 0 aliphatic carbocycles. The molecule has 0 saturated carbocycles. The lowest BCUT2D eigenvalue weighted by Gasteiger charge is -2.31. The fourth-order valence-corrected chi connectivity index (χ4v) is 3.81. The number of piperidine rings is 1. The van der Waals surface area contributed by atoms with Crippen LogP contribution in [0, 0.1) is 11.7 Å². The summed E-state index contributed by atoms with van der Waals surface area (Å²) in [6.45, 7) is 4.81. The molecule has 1 N–H and O–H groups in total. The van der Waals surface area contributed by atoms with E-state index in [9.17, 15) is 14.0 Å². The van der Waals surface area contributed by atoms with E-state index in [4.69, 9.17) is 9.47 Å². The molecule has 0 unspecified atom stereocenters. The molecule has 32 heavy (non-hydrogen) atoms. The van der Waals surface area contributed by atoms with Gasteiger partial charge in [-0.2, -0.15) is 0 Å². The molecule has 1 aliphatic heterocycles. The van der Waals surface area contributed by atoms with Crippen molar-refractivity contribution in [2.24, 2.45) is 5.92 Å². The van der Waals surface area contributed by atoms with Gasteiger partial charge < -0.3 is 19.7 Å². The molecule has 2 amide bonds. The van der Waals surface area contributed by atoms with Crippen LogP contribution in [0.3, 0.4) is 0 Å². The van der Waals surface area contributed by atoms with Crippen LogP contribution in [-0.2, 0) is 16.0 Å². The Morgan fingerprint density at radius 1 is 1.06 bits per heavy atom. The molecule has 1 aliphatic rings. The lowest BCUT2D eigenvalue weighted by atomic mass is 9.95. The molecule has 0 spiro atoms. The number of nitrogens with zero attached hydrogens (tertiary/aromatic N) is 1. The number of hydrogen-bond acceptors (Lipinski definition) is 4. The topological polar surface area (TPSA) is 67.9 Å². The van der Waals surface area contributed by atoms with Crippen molar-refractivity contribution in [2.45, 2.75) is 26.2 Å². The molecule has 2 aromatic rings. The van der Waals surface area contributed by atoms with Crippen LogP contribution in [0.5, 0.6) is 5.75 Å². The van der Waals surface area contributed by atoms with Gasteiger partial charge in [-0.3, -0.25) is 9.59 Å². The minimum atomic E-state index is -0.254. The molecule has 172 valence electrons. The first-order valence-corrected chi connectivity index (χ1v) is 11.2. The van der Waals surface area contributed by atoms with Gasteiger partial charge in [-0.05, 0) is 49.9 Å². The maximum Gasteiger partial charge on any atom is 0.257 e. The molecular formula is C25H31FN2O4. The summed E-state index contributed by atoms with van der Waals surface area (Å²) in [4.78, 5) is 27.3. The van der Waals surface area contributed by atoms with Gasteiger partial charge in [-0.1, -0.05) is 30.3 Å². The number of nitrogens with one attached hydrogen (secondary N) is 1. The van der Waals surface area contributed by atoms with E-state index in [1.807, 2.05) is 19.1 Å². The fourth-order valence-electron chi connectivity index (χ4n) is 3.81. The summed E-state index contributed by atoms with van der Waals surface area (Å²) in [5.41, 5.74) is 1.12. The Hall–Kier alpha value is -2.93. The van der Waals surface area contributed by atoms with Gasteiger partial charge in [0.1, 0.15) is 18.2 Å². The van der Waals surface area contributed by atoms with Gasteiger partial charge in [0, 0.05) is 32.2 Å². The van der Waals surface area contributed by atoms with Crippen molar-refractivity contribution in [1.29, 1.82) is 0 Å². The van der Waals surface area contributed by atoms with E-state index in [1.165, 1.54) is 6.07 Å². The molecule has 1 saturated heterocycles. The molecule has 6 nitrogen and oxygen atoms in total. The molecule has 2 aromatic carbocycles. The smallest absolute Gasteiger partial charge is 0.257 e. The highest BCUT2D eigenvalue weighted by Crippen LogP contribution is 2.24. The number of carbonyl (C=O) groups is 2. The van der Waals surface area contributed by atoms with Gasteiger partial charge in [-0.15, -0.1) is 0 Å². The van der Waals surface area contributed by atoms with Gasteiger partial charge in [0.15, 0.2) is 0 Å². The van der Waals surface area contributed by atoms with E-state index in [2.05, 4.69) is 5.32 Å². The van der Waals surface area contributed by atoms with Gasteiger partial charge in [0.25, 0.3) is 5.91 Å². The average Bonchev–Trinajstić information content (AvgIpc) is 2.83. The Labute approximate surface area is 188 Å². The summed E-state index contributed by atoms with van der Waals surface area (Å²) < 4.78 is 24.7. The number of amides is 2. The second kappa shape index (κ2) is 12.2. The van der Waals surface area contributed by atoms with Gasteiger partial charge >= 0.3 is 0 Å². The predicted octanol–water partition coefficient (Wildman–Crippen LogP) is 3.45. The Kier molecular flexibility index (Phi) is 9.04. The number of halogens is 1. The highest BCUT2D eigenvalue weighted by Gasteiger charge is 2.28. The first kappa shape index (κ1) is 23.7. The first-order valence-electron chi connectivity index (χ1n) is 11.2. The molecule has 0 aromatic heterocycles. The van der Waals surface area contributed by atoms with E-state index in [1.54, 1.807) is 35.2 Å². The Balaban J connectivity index is 1.46. The number of ether oxygens (including phenoxy) is 2. The lowest BCUT2D eigenvalue weighted by molar-refractivity contribution is -0.126. The van der Waals surface area contributed by atoms with E-state index in [0.717, 1.165) is 0 Å². The quantitative estimate of drug-likeness (QED) is 0.573. The van der Waals surface area contributed by atoms with Crippen LogP contribution in [0.25, 0.3) is 0 Å². The second-order valence-electron chi connectivity index (χ2n) is 7.74. The van der Waals surface area contributed by atoms with Crippen molar-refractivity contribution in [3.05, 3.63) is 65.5 Å². The molecule has 7 heteroatoms. The summed E-state index contributed by atoms with van der Waals surface area (Å²) in [5.74, 6) is 0.0295. The minimum absolute atomic E-state index is 0.0342. The van der Waals surface area contributed by atoms with Crippen LogP contribution in [0.1, 0.15) is 35.7 Å². The Morgan fingerprint density at radius 2 is 1.78 bits per heavy atom. The zero-order valence-corrected chi connectivity index (χ0v) is 18.5. The fraction of sp³-hybridized carbons (Fsp3) is 0.440. The van der Waals surface area contributed by atoms with Crippen LogP contribution < -0.4 is 10.1 Å². The Morgan fingerprint density at radius 3 is 2.53 bits per heavy atom. The minimum Gasteiger partial charge on any atom is -0.490 e. The SMILES string of the molecule is CCOCCOc1ccccc1C(=O)N1CCC(C(=O)NCCc2ccccc2F)CC1. The van der Waals surface area contributed by atoms with Gasteiger partial charge in [-0.25, -0.2) is 4.39 Å². The first-order chi connectivity index (χ1) is 15.6. The van der Waals surface area contributed by atoms with Crippen molar-refractivity contribution >= 4 is 11.8 Å². The number of carbonyl (C=O) groups excluding carboxylic acids is 2. The number of rotatable bonds is 10. The van der Waals surface area contributed by atoms with E-state index in [-0.39, 0.29) is 23.5 Å². The average molecular weight is 443 g/mol. The molecule has 3 rings (SSSR count). The Bertz CT molecular complexity index is 897. The largest absolute Gasteiger partial charge is 0.490 e. The van der Waals surface area contributed by atoms with E-state index < -0.39 is 0 Å². The third-order valence-corrected chi connectivity index (χ3v) is 5.61. The number of benzene rings is 2. The summed E-state index contributed by atoms with van der Waals surface area (Å²) in [6.07, 6.45) is 1.66. The number of hydrogen-bond donors (Lipinski definition) is 1. The standard InChI is InChI=1S/C25H31FN2O4/c1-2-31-17-18-32-23-10-6-4-8-21(23)25(30)28-15-12-20(13-16-28)24(29)27-14-11-19-7-3-5-9-22(19)26/h3-10,20H,2,11-18H2,1H3,(H,27,29). The zero-order chi connectivity index (χ0) is 22.8. The monoisotopic (exact) mass is 442 g/mol. The maximum atomic E-state index is 13.7. The van der Waals surface area contributed by atoms with Crippen molar-refractivity contribution < 1.29 is 23.5 Å². The molecule has 0 atom stereocenters.